The molecule has 8 heteroatoms. The molecule has 0 unspecified atom stereocenters. The molecule has 2 aliphatic rings. The van der Waals surface area contributed by atoms with Crippen molar-refractivity contribution in [1.29, 1.82) is 0 Å². The maximum Gasteiger partial charge on any atom is 0.270 e. The Morgan fingerprint density at radius 3 is 2.57 bits per heavy atom. The molecule has 1 saturated heterocycles. The lowest BCUT2D eigenvalue weighted by molar-refractivity contribution is -0.384. The fourth-order valence-corrected chi connectivity index (χ4v) is 3.88. The lowest BCUT2D eigenvalue weighted by Gasteiger charge is -2.27. The molecule has 154 valence electrons. The van der Waals surface area contributed by atoms with Crippen LogP contribution < -0.4 is 10.6 Å². The fraction of sp³-hybridized carbons (Fsp3) is 0.273. The molecule has 0 saturated carbocycles. The number of nitrogens with zero attached hydrogens (tertiary/aromatic N) is 2. The van der Waals surface area contributed by atoms with Crippen molar-refractivity contribution in [2.75, 3.05) is 18.4 Å². The van der Waals surface area contributed by atoms with Crippen LogP contribution in [0.2, 0.25) is 0 Å². The number of fused-ring (bicyclic) bond motifs is 1. The Morgan fingerprint density at radius 2 is 1.80 bits per heavy atom. The molecule has 0 aromatic heterocycles. The maximum absolute atomic E-state index is 12.5. The zero-order valence-corrected chi connectivity index (χ0v) is 16.4. The number of carbonyl (C=O) groups excluding carboxylic acids is 2. The summed E-state index contributed by atoms with van der Waals surface area (Å²) in [6.07, 6.45) is 5.17. The van der Waals surface area contributed by atoms with Gasteiger partial charge in [-0.1, -0.05) is 24.6 Å². The molecule has 4 rings (SSSR count). The Labute approximate surface area is 173 Å². The standard InChI is InChI=1S/C22H22N4O4/c27-21-17-9-8-16(26(29)30)12-18(17)19(22(28)24-21)13-23-20-7-3-2-6-15(20)14-25-10-4-1-5-11-25/h2-3,6-9,12-13,23H,1,4-5,10-11,14H2,(H,24,27,28). The minimum atomic E-state index is -0.589. The van der Waals surface area contributed by atoms with Crippen LogP contribution >= 0.6 is 0 Å². The number of nitro benzene ring substituents is 1. The minimum absolute atomic E-state index is 0.173. The van der Waals surface area contributed by atoms with E-state index in [2.05, 4.69) is 15.5 Å². The molecule has 0 atom stereocenters. The van der Waals surface area contributed by atoms with Gasteiger partial charge in [0.1, 0.15) is 0 Å². The van der Waals surface area contributed by atoms with Gasteiger partial charge in [0.05, 0.1) is 10.5 Å². The molecule has 8 nitrogen and oxygen atoms in total. The van der Waals surface area contributed by atoms with Crippen molar-refractivity contribution in [1.82, 2.24) is 10.2 Å². The van der Waals surface area contributed by atoms with Crippen molar-refractivity contribution >= 4 is 28.8 Å². The number of para-hydroxylation sites is 1. The third-order valence-electron chi connectivity index (χ3n) is 5.45. The molecule has 2 amide bonds. The second kappa shape index (κ2) is 8.46. The van der Waals surface area contributed by atoms with Crippen molar-refractivity contribution in [2.45, 2.75) is 25.8 Å². The van der Waals surface area contributed by atoms with E-state index in [-0.39, 0.29) is 22.4 Å². The molecular weight excluding hydrogens is 384 g/mol. The molecule has 2 aromatic rings. The van der Waals surface area contributed by atoms with Crippen LogP contribution in [0.3, 0.4) is 0 Å². The van der Waals surface area contributed by atoms with Gasteiger partial charge in [-0.2, -0.15) is 0 Å². The van der Waals surface area contributed by atoms with Gasteiger partial charge in [-0.3, -0.25) is 29.9 Å². The third-order valence-corrected chi connectivity index (χ3v) is 5.45. The first-order chi connectivity index (χ1) is 14.5. The number of rotatable bonds is 5. The van der Waals surface area contributed by atoms with E-state index in [1.807, 2.05) is 24.3 Å². The first-order valence-electron chi connectivity index (χ1n) is 9.94. The van der Waals surface area contributed by atoms with Crippen molar-refractivity contribution in [3.63, 3.8) is 0 Å². The average Bonchev–Trinajstić information content (AvgIpc) is 2.75. The van der Waals surface area contributed by atoms with Crippen LogP contribution in [-0.4, -0.2) is 34.7 Å². The van der Waals surface area contributed by atoms with E-state index >= 15 is 0 Å². The summed E-state index contributed by atoms with van der Waals surface area (Å²) in [4.78, 5) is 37.6. The number of carbonyl (C=O) groups is 2. The highest BCUT2D eigenvalue weighted by Crippen LogP contribution is 2.29. The fourth-order valence-electron chi connectivity index (χ4n) is 3.88. The Balaban J connectivity index is 1.64. The number of hydrogen-bond donors (Lipinski definition) is 2. The van der Waals surface area contributed by atoms with E-state index < -0.39 is 16.7 Å². The lowest BCUT2D eigenvalue weighted by atomic mass is 9.95. The summed E-state index contributed by atoms with van der Waals surface area (Å²) in [7, 11) is 0. The Bertz CT molecular complexity index is 1040. The third kappa shape index (κ3) is 4.08. The number of nitro groups is 1. The van der Waals surface area contributed by atoms with Gasteiger partial charge >= 0.3 is 0 Å². The number of piperidine rings is 1. The van der Waals surface area contributed by atoms with Crippen molar-refractivity contribution < 1.29 is 14.5 Å². The molecule has 0 bridgehead atoms. The predicted molar refractivity (Wildman–Crippen MR) is 113 cm³/mol. The number of benzene rings is 2. The van der Waals surface area contributed by atoms with Gasteiger partial charge in [0.15, 0.2) is 0 Å². The van der Waals surface area contributed by atoms with E-state index in [1.165, 1.54) is 43.7 Å². The topological polar surface area (TPSA) is 105 Å². The smallest absolute Gasteiger partial charge is 0.270 e. The summed E-state index contributed by atoms with van der Waals surface area (Å²) in [5.41, 5.74) is 2.44. The minimum Gasteiger partial charge on any atom is -0.361 e. The molecular formula is C22H22N4O4. The molecule has 0 spiro atoms. The Hall–Kier alpha value is -3.52. The number of anilines is 1. The highest BCUT2D eigenvalue weighted by molar-refractivity contribution is 6.31. The van der Waals surface area contributed by atoms with E-state index in [0.29, 0.717) is 0 Å². The molecule has 1 fully saturated rings. The second-order valence-corrected chi connectivity index (χ2v) is 7.47. The molecule has 2 heterocycles. The van der Waals surface area contributed by atoms with Gasteiger partial charge in [0.2, 0.25) is 0 Å². The summed E-state index contributed by atoms with van der Waals surface area (Å²) in [6.45, 7) is 2.94. The molecule has 2 aromatic carbocycles. The van der Waals surface area contributed by atoms with Crippen LogP contribution in [-0.2, 0) is 11.3 Å². The summed E-state index contributed by atoms with van der Waals surface area (Å²) in [5.74, 6) is -1.15. The summed E-state index contributed by atoms with van der Waals surface area (Å²) in [6, 6.07) is 11.7. The van der Waals surface area contributed by atoms with Crippen LogP contribution in [0.4, 0.5) is 11.4 Å². The van der Waals surface area contributed by atoms with Gasteiger partial charge in [-0.05, 0) is 43.6 Å². The van der Waals surface area contributed by atoms with Crippen molar-refractivity contribution in [2.24, 2.45) is 0 Å². The monoisotopic (exact) mass is 406 g/mol. The first-order valence-corrected chi connectivity index (χ1v) is 9.94. The van der Waals surface area contributed by atoms with Crippen molar-refractivity contribution in [3.8, 4) is 0 Å². The zero-order valence-electron chi connectivity index (χ0n) is 16.4. The largest absolute Gasteiger partial charge is 0.361 e. The second-order valence-electron chi connectivity index (χ2n) is 7.47. The normalized spacial score (nSPS) is 18.1. The number of nitrogens with one attached hydrogen (secondary N) is 2. The van der Waals surface area contributed by atoms with E-state index in [9.17, 15) is 19.7 Å². The molecule has 2 N–H and O–H groups in total. The Kier molecular flexibility index (Phi) is 5.58. The highest BCUT2D eigenvalue weighted by atomic mass is 16.6. The highest BCUT2D eigenvalue weighted by Gasteiger charge is 2.29. The molecule has 0 radical (unpaired) electrons. The first kappa shape index (κ1) is 19.8. The zero-order chi connectivity index (χ0) is 21.1. The Morgan fingerprint density at radius 1 is 1.03 bits per heavy atom. The molecule has 2 aliphatic heterocycles. The number of hydrogen-bond acceptors (Lipinski definition) is 6. The van der Waals surface area contributed by atoms with Gasteiger partial charge in [-0.15, -0.1) is 0 Å². The van der Waals surface area contributed by atoms with Gasteiger partial charge in [-0.25, -0.2) is 0 Å². The lowest BCUT2D eigenvalue weighted by Crippen LogP contribution is -2.36. The molecule has 0 aliphatic carbocycles. The summed E-state index contributed by atoms with van der Waals surface area (Å²) >= 11 is 0. The van der Waals surface area contributed by atoms with Crippen LogP contribution in [0, 0.1) is 10.1 Å². The van der Waals surface area contributed by atoms with E-state index in [0.717, 1.165) is 30.9 Å². The molecule has 30 heavy (non-hydrogen) atoms. The van der Waals surface area contributed by atoms with Crippen LogP contribution in [0.1, 0.15) is 40.7 Å². The summed E-state index contributed by atoms with van der Waals surface area (Å²) < 4.78 is 0. The SMILES string of the molecule is O=C1NC(=O)c2ccc([N+](=O)[O-])cc2C1=CNc1ccccc1CN1CCCCC1. The quantitative estimate of drug-likeness (QED) is 0.342. The predicted octanol–water partition coefficient (Wildman–Crippen LogP) is 3.30. The average molecular weight is 406 g/mol. The number of likely N-dealkylation sites (tertiary alicyclic amines) is 1. The number of non-ortho nitro benzene ring substituents is 1. The van der Waals surface area contributed by atoms with Gasteiger partial charge in [0.25, 0.3) is 17.5 Å². The number of amides is 2. The summed E-state index contributed by atoms with van der Waals surface area (Å²) in [5, 5.41) is 16.6. The van der Waals surface area contributed by atoms with Crippen LogP contribution in [0.5, 0.6) is 0 Å². The maximum atomic E-state index is 12.5. The van der Waals surface area contributed by atoms with Crippen molar-refractivity contribution in [3.05, 3.63) is 75.5 Å². The van der Waals surface area contributed by atoms with Crippen LogP contribution in [0.25, 0.3) is 5.57 Å². The van der Waals surface area contributed by atoms with Gasteiger partial charge < -0.3 is 5.32 Å². The number of imide groups is 1. The van der Waals surface area contributed by atoms with Crippen LogP contribution in [0.15, 0.2) is 48.7 Å². The van der Waals surface area contributed by atoms with Gasteiger partial charge in [0, 0.05) is 41.7 Å². The van der Waals surface area contributed by atoms with E-state index in [4.69, 9.17) is 0 Å². The van der Waals surface area contributed by atoms with E-state index in [1.54, 1.807) is 0 Å².